The largest absolute Gasteiger partial charge is 0.396 e. The molecule has 5 heteroatoms. The average Bonchev–Trinajstić information content (AvgIpc) is 2.68. The molecule has 0 aliphatic heterocycles. The molecule has 98 valence electrons. The average molecular weight is 240 g/mol. The molecule has 1 heterocycles. The maximum Gasteiger partial charge on any atom is 0.0964 e. The van der Waals surface area contributed by atoms with E-state index in [0.717, 1.165) is 38.2 Å². The number of nitrogens with zero attached hydrogens (tertiary/aromatic N) is 3. The van der Waals surface area contributed by atoms with Gasteiger partial charge in [0.2, 0.25) is 0 Å². The molecule has 1 rings (SSSR count). The third-order valence-electron chi connectivity index (χ3n) is 2.49. The Kier molecular flexibility index (Phi) is 5.58. The van der Waals surface area contributed by atoms with Gasteiger partial charge in [0, 0.05) is 25.9 Å². The minimum atomic E-state index is 0.193. The molecule has 0 aromatic carbocycles. The first-order valence-electron chi connectivity index (χ1n) is 6.22. The number of aryl methyl sites for hydroxylation is 1. The van der Waals surface area contributed by atoms with Crippen LogP contribution >= 0.6 is 0 Å². The smallest absolute Gasteiger partial charge is 0.0964 e. The summed E-state index contributed by atoms with van der Waals surface area (Å²) in [4.78, 5) is 0. The standard InChI is InChI=1S/C12H24N4O/c1-12(2,3)5-6-13-9-11-10-16(15-14-11)7-4-8-17/h10,13,17H,4-9H2,1-3H3. The molecular weight excluding hydrogens is 216 g/mol. The molecule has 0 saturated heterocycles. The Morgan fingerprint density at radius 1 is 1.41 bits per heavy atom. The fourth-order valence-corrected chi connectivity index (χ4v) is 1.44. The van der Waals surface area contributed by atoms with Crippen LogP contribution in [0.25, 0.3) is 0 Å². The van der Waals surface area contributed by atoms with Crippen molar-refractivity contribution in [2.75, 3.05) is 13.2 Å². The highest BCUT2D eigenvalue weighted by Crippen LogP contribution is 2.16. The van der Waals surface area contributed by atoms with E-state index in [-0.39, 0.29) is 6.61 Å². The Balaban J connectivity index is 2.21. The van der Waals surface area contributed by atoms with Crippen LogP contribution in [-0.2, 0) is 13.1 Å². The summed E-state index contributed by atoms with van der Waals surface area (Å²) in [6.07, 6.45) is 3.80. The predicted octanol–water partition coefficient (Wildman–Crippen LogP) is 1.19. The Hall–Kier alpha value is -0.940. The molecule has 0 aliphatic carbocycles. The highest BCUT2D eigenvalue weighted by Gasteiger charge is 2.09. The summed E-state index contributed by atoms with van der Waals surface area (Å²) in [7, 11) is 0. The fourth-order valence-electron chi connectivity index (χ4n) is 1.44. The van der Waals surface area contributed by atoms with Crippen LogP contribution in [0.15, 0.2) is 6.20 Å². The van der Waals surface area contributed by atoms with Crippen LogP contribution in [0.2, 0.25) is 0 Å². The molecule has 1 aromatic rings. The molecule has 0 spiro atoms. The van der Waals surface area contributed by atoms with E-state index in [1.165, 1.54) is 0 Å². The van der Waals surface area contributed by atoms with Gasteiger partial charge in [-0.3, -0.25) is 4.68 Å². The maximum atomic E-state index is 8.71. The summed E-state index contributed by atoms with van der Waals surface area (Å²) >= 11 is 0. The summed E-state index contributed by atoms with van der Waals surface area (Å²) < 4.78 is 1.77. The van der Waals surface area contributed by atoms with E-state index < -0.39 is 0 Å². The molecule has 0 amide bonds. The molecule has 0 unspecified atom stereocenters. The maximum absolute atomic E-state index is 8.71. The molecule has 0 bridgehead atoms. The SMILES string of the molecule is CC(C)(C)CCNCc1cn(CCCO)nn1. The minimum Gasteiger partial charge on any atom is -0.396 e. The van der Waals surface area contributed by atoms with Crippen LogP contribution in [-0.4, -0.2) is 33.3 Å². The van der Waals surface area contributed by atoms with Crippen molar-refractivity contribution in [3.8, 4) is 0 Å². The first kappa shape index (κ1) is 14.1. The van der Waals surface area contributed by atoms with Crippen LogP contribution in [0.5, 0.6) is 0 Å². The number of nitrogens with one attached hydrogen (secondary N) is 1. The second-order valence-electron chi connectivity index (χ2n) is 5.54. The summed E-state index contributed by atoms with van der Waals surface area (Å²) in [6, 6.07) is 0. The van der Waals surface area contributed by atoms with Crippen LogP contribution in [0.1, 0.15) is 39.3 Å². The molecule has 0 fully saturated rings. The number of hydrogen-bond donors (Lipinski definition) is 2. The van der Waals surface area contributed by atoms with Gasteiger partial charge in [0.05, 0.1) is 5.69 Å². The van der Waals surface area contributed by atoms with E-state index in [2.05, 4.69) is 36.4 Å². The number of aliphatic hydroxyl groups excluding tert-OH is 1. The lowest BCUT2D eigenvalue weighted by Crippen LogP contribution is -2.20. The Bertz CT molecular complexity index is 317. The zero-order chi connectivity index (χ0) is 12.7. The zero-order valence-corrected chi connectivity index (χ0v) is 11.1. The third kappa shape index (κ3) is 6.38. The molecule has 17 heavy (non-hydrogen) atoms. The number of aliphatic hydroxyl groups is 1. The van der Waals surface area contributed by atoms with E-state index in [4.69, 9.17) is 5.11 Å². The second kappa shape index (κ2) is 6.71. The lowest BCUT2D eigenvalue weighted by atomic mass is 9.92. The van der Waals surface area contributed by atoms with Gasteiger partial charge in [-0.2, -0.15) is 0 Å². The quantitative estimate of drug-likeness (QED) is 0.703. The Morgan fingerprint density at radius 3 is 2.82 bits per heavy atom. The third-order valence-corrected chi connectivity index (χ3v) is 2.49. The van der Waals surface area contributed by atoms with Crippen molar-refractivity contribution in [3.63, 3.8) is 0 Å². The minimum absolute atomic E-state index is 0.193. The molecule has 0 atom stereocenters. The summed E-state index contributed by atoms with van der Waals surface area (Å²) in [5.41, 5.74) is 1.32. The van der Waals surface area contributed by atoms with E-state index in [1.807, 2.05) is 6.20 Å². The van der Waals surface area contributed by atoms with Crippen molar-refractivity contribution >= 4 is 0 Å². The Morgan fingerprint density at radius 2 is 2.18 bits per heavy atom. The molecular formula is C12H24N4O. The molecule has 0 radical (unpaired) electrons. The summed E-state index contributed by atoms with van der Waals surface area (Å²) in [5.74, 6) is 0. The van der Waals surface area contributed by atoms with Crippen LogP contribution in [0.3, 0.4) is 0 Å². The molecule has 2 N–H and O–H groups in total. The molecule has 0 aliphatic rings. The fraction of sp³-hybridized carbons (Fsp3) is 0.833. The lowest BCUT2D eigenvalue weighted by Gasteiger charge is -2.17. The molecule has 0 saturated carbocycles. The highest BCUT2D eigenvalue weighted by atomic mass is 16.3. The highest BCUT2D eigenvalue weighted by molar-refractivity contribution is 4.91. The van der Waals surface area contributed by atoms with Crippen molar-refractivity contribution in [1.29, 1.82) is 0 Å². The first-order chi connectivity index (χ1) is 8.01. The molecule has 1 aromatic heterocycles. The van der Waals surface area contributed by atoms with E-state index in [0.29, 0.717) is 5.41 Å². The van der Waals surface area contributed by atoms with Gasteiger partial charge >= 0.3 is 0 Å². The van der Waals surface area contributed by atoms with Gasteiger partial charge < -0.3 is 10.4 Å². The number of aromatic nitrogens is 3. The van der Waals surface area contributed by atoms with Gasteiger partial charge in [-0.25, -0.2) is 0 Å². The number of hydrogen-bond acceptors (Lipinski definition) is 4. The van der Waals surface area contributed by atoms with Crippen LogP contribution in [0, 0.1) is 5.41 Å². The predicted molar refractivity (Wildman–Crippen MR) is 67.5 cm³/mol. The first-order valence-corrected chi connectivity index (χ1v) is 6.22. The summed E-state index contributed by atoms with van der Waals surface area (Å²) in [5, 5.41) is 20.1. The Labute approximate surface area is 103 Å². The second-order valence-corrected chi connectivity index (χ2v) is 5.54. The monoisotopic (exact) mass is 240 g/mol. The van der Waals surface area contributed by atoms with Gasteiger partial charge in [0.1, 0.15) is 0 Å². The van der Waals surface area contributed by atoms with Gasteiger partial charge in [-0.1, -0.05) is 26.0 Å². The van der Waals surface area contributed by atoms with Crippen LogP contribution in [0.4, 0.5) is 0 Å². The lowest BCUT2D eigenvalue weighted by molar-refractivity contribution is 0.276. The van der Waals surface area contributed by atoms with Crippen LogP contribution < -0.4 is 5.32 Å². The van der Waals surface area contributed by atoms with Crippen molar-refractivity contribution in [2.24, 2.45) is 5.41 Å². The van der Waals surface area contributed by atoms with Crippen molar-refractivity contribution in [2.45, 2.75) is 46.7 Å². The number of rotatable bonds is 7. The van der Waals surface area contributed by atoms with Gasteiger partial charge in [0.15, 0.2) is 0 Å². The van der Waals surface area contributed by atoms with E-state index in [9.17, 15) is 0 Å². The topological polar surface area (TPSA) is 63.0 Å². The molecule has 5 nitrogen and oxygen atoms in total. The van der Waals surface area contributed by atoms with E-state index in [1.54, 1.807) is 4.68 Å². The van der Waals surface area contributed by atoms with Crippen molar-refractivity contribution < 1.29 is 5.11 Å². The summed E-state index contributed by atoms with van der Waals surface area (Å²) in [6.45, 7) is 9.38. The van der Waals surface area contributed by atoms with E-state index >= 15 is 0 Å². The van der Waals surface area contributed by atoms with Gasteiger partial charge in [-0.15, -0.1) is 5.10 Å². The normalized spacial score (nSPS) is 12.0. The van der Waals surface area contributed by atoms with Crippen molar-refractivity contribution in [3.05, 3.63) is 11.9 Å². The van der Waals surface area contributed by atoms with Crippen molar-refractivity contribution in [1.82, 2.24) is 20.3 Å². The zero-order valence-electron chi connectivity index (χ0n) is 11.1. The van der Waals surface area contributed by atoms with Gasteiger partial charge in [-0.05, 0) is 24.8 Å². The van der Waals surface area contributed by atoms with Gasteiger partial charge in [0.25, 0.3) is 0 Å².